The van der Waals surface area contributed by atoms with Crippen molar-refractivity contribution in [3.05, 3.63) is 24.3 Å². The molecule has 2 aliphatic rings. The predicted octanol–water partition coefficient (Wildman–Crippen LogP) is 4.07. The van der Waals surface area contributed by atoms with Crippen molar-refractivity contribution in [3.8, 4) is 0 Å². The lowest BCUT2D eigenvalue weighted by molar-refractivity contribution is 0.0996. The van der Waals surface area contributed by atoms with Crippen molar-refractivity contribution in [1.82, 2.24) is 4.90 Å². The van der Waals surface area contributed by atoms with Crippen LogP contribution in [0.1, 0.15) is 45.4 Å². The van der Waals surface area contributed by atoms with Gasteiger partial charge < -0.3 is 20.3 Å². The van der Waals surface area contributed by atoms with E-state index in [1.807, 2.05) is 29.2 Å². The van der Waals surface area contributed by atoms with Crippen molar-refractivity contribution in [2.45, 2.75) is 57.6 Å². The molecule has 5 nitrogen and oxygen atoms in total. The summed E-state index contributed by atoms with van der Waals surface area (Å²) in [4.78, 5) is 14.3. The second kappa shape index (κ2) is 8.38. The van der Waals surface area contributed by atoms with Gasteiger partial charge in [0, 0.05) is 37.1 Å². The number of hydrogen-bond donors (Lipinski definition) is 2. The maximum Gasteiger partial charge on any atom is 0.321 e. The maximum atomic E-state index is 12.3. The summed E-state index contributed by atoms with van der Waals surface area (Å²) in [5.41, 5.74) is 1.91. The molecular formula is C19H29N3O2. The minimum atomic E-state index is 0.0188. The normalized spacial score (nSPS) is 22.7. The highest BCUT2D eigenvalue weighted by molar-refractivity contribution is 5.89. The van der Waals surface area contributed by atoms with Crippen LogP contribution in [0, 0.1) is 0 Å². The van der Waals surface area contributed by atoms with Gasteiger partial charge in [0.15, 0.2) is 0 Å². The quantitative estimate of drug-likeness (QED) is 0.874. The first kappa shape index (κ1) is 17.1. The molecule has 0 aromatic heterocycles. The second-order valence-electron chi connectivity index (χ2n) is 6.89. The van der Waals surface area contributed by atoms with Gasteiger partial charge in [-0.25, -0.2) is 4.79 Å². The molecule has 2 heterocycles. The number of carbonyl (C=O) groups is 1. The van der Waals surface area contributed by atoms with Crippen molar-refractivity contribution in [1.29, 1.82) is 0 Å². The standard InChI is InChI=1S/C19H29N3O2/c1-15(18-7-6-14-24-18)20-16-8-10-17(11-9-16)21-19(23)22-12-4-2-3-5-13-22/h8-11,15,18,20H,2-7,12-14H2,1H3,(H,21,23). The third-order valence-corrected chi connectivity index (χ3v) is 4.95. The van der Waals surface area contributed by atoms with Gasteiger partial charge in [0.2, 0.25) is 0 Å². The van der Waals surface area contributed by atoms with Gasteiger partial charge in [0.05, 0.1) is 6.10 Å². The lowest BCUT2D eigenvalue weighted by Crippen LogP contribution is -2.35. The Bertz CT molecular complexity index is 518. The summed E-state index contributed by atoms with van der Waals surface area (Å²) in [5.74, 6) is 0. The van der Waals surface area contributed by atoms with E-state index >= 15 is 0 Å². The minimum Gasteiger partial charge on any atom is -0.380 e. The van der Waals surface area contributed by atoms with Gasteiger partial charge in [0.25, 0.3) is 0 Å². The number of amides is 2. The second-order valence-corrected chi connectivity index (χ2v) is 6.89. The fourth-order valence-electron chi connectivity index (χ4n) is 3.48. The zero-order chi connectivity index (χ0) is 16.8. The molecule has 1 aromatic carbocycles. The summed E-state index contributed by atoms with van der Waals surface area (Å²) in [6.07, 6.45) is 7.25. The van der Waals surface area contributed by atoms with Crippen LogP contribution in [-0.2, 0) is 4.74 Å². The first-order valence-corrected chi connectivity index (χ1v) is 9.26. The van der Waals surface area contributed by atoms with Gasteiger partial charge in [-0.05, 0) is 56.9 Å². The summed E-state index contributed by atoms with van der Waals surface area (Å²) in [6, 6.07) is 8.27. The minimum absolute atomic E-state index is 0.0188. The lowest BCUT2D eigenvalue weighted by atomic mass is 10.1. The van der Waals surface area contributed by atoms with Crippen LogP contribution in [0.15, 0.2) is 24.3 Å². The molecule has 0 aliphatic carbocycles. The molecule has 1 aromatic rings. The first-order valence-electron chi connectivity index (χ1n) is 9.26. The number of nitrogens with one attached hydrogen (secondary N) is 2. The summed E-state index contributed by atoms with van der Waals surface area (Å²) >= 11 is 0. The number of ether oxygens (including phenoxy) is 1. The van der Waals surface area contributed by atoms with Gasteiger partial charge in [0.1, 0.15) is 0 Å². The fourth-order valence-corrected chi connectivity index (χ4v) is 3.48. The van der Waals surface area contributed by atoms with Crippen molar-refractivity contribution < 1.29 is 9.53 Å². The molecule has 2 fully saturated rings. The summed E-state index contributed by atoms with van der Waals surface area (Å²) in [5, 5.41) is 6.50. The molecule has 132 valence electrons. The van der Waals surface area contributed by atoms with E-state index in [4.69, 9.17) is 4.74 Å². The monoisotopic (exact) mass is 331 g/mol. The Morgan fingerprint density at radius 1 is 1.08 bits per heavy atom. The highest BCUT2D eigenvalue weighted by atomic mass is 16.5. The summed E-state index contributed by atoms with van der Waals surface area (Å²) in [6.45, 7) is 4.76. The summed E-state index contributed by atoms with van der Waals surface area (Å²) < 4.78 is 5.72. The number of rotatable bonds is 4. The lowest BCUT2D eigenvalue weighted by Gasteiger charge is -2.22. The van der Waals surface area contributed by atoms with Crippen molar-refractivity contribution >= 4 is 17.4 Å². The highest BCUT2D eigenvalue weighted by Gasteiger charge is 2.22. The van der Waals surface area contributed by atoms with Crippen LogP contribution < -0.4 is 10.6 Å². The Balaban J connectivity index is 1.51. The summed E-state index contributed by atoms with van der Waals surface area (Å²) in [7, 11) is 0. The van der Waals surface area contributed by atoms with Gasteiger partial charge in [-0.15, -0.1) is 0 Å². The first-order chi connectivity index (χ1) is 11.7. The number of urea groups is 1. The molecule has 0 spiro atoms. The zero-order valence-electron chi connectivity index (χ0n) is 14.6. The molecule has 2 atom stereocenters. The van der Waals surface area contributed by atoms with Crippen LogP contribution in [0.5, 0.6) is 0 Å². The molecule has 3 rings (SSSR count). The van der Waals surface area contributed by atoms with Crippen molar-refractivity contribution in [2.75, 3.05) is 30.3 Å². The molecule has 2 aliphatic heterocycles. The fraction of sp³-hybridized carbons (Fsp3) is 0.632. The molecule has 0 saturated carbocycles. The molecule has 5 heteroatoms. The van der Waals surface area contributed by atoms with Gasteiger partial charge in [-0.1, -0.05) is 12.8 Å². The molecule has 2 saturated heterocycles. The van der Waals surface area contributed by atoms with Crippen molar-refractivity contribution in [2.24, 2.45) is 0 Å². The van der Waals surface area contributed by atoms with Crippen LogP contribution in [0.4, 0.5) is 16.2 Å². The number of benzene rings is 1. The number of nitrogens with zero attached hydrogens (tertiary/aromatic N) is 1. The van der Waals surface area contributed by atoms with E-state index < -0.39 is 0 Å². The molecule has 2 amide bonds. The van der Waals surface area contributed by atoms with E-state index in [0.717, 1.165) is 56.8 Å². The Morgan fingerprint density at radius 3 is 2.38 bits per heavy atom. The van der Waals surface area contributed by atoms with E-state index in [1.165, 1.54) is 12.8 Å². The van der Waals surface area contributed by atoms with Crippen molar-refractivity contribution in [3.63, 3.8) is 0 Å². The van der Waals surface area contributed by atoms with Crippen LogP contribution >= 0.6 is 0 Å². The Kier molecular flexibility index (Phi) is 5.96. The average molecular weight is 331 g/mol. The molecule has 2 N–H and O–H groups in total. The molecular weight excluding hydrogens is 302 g/mol. The van der Waals surface area contributed by atoms with Gasteiger partial charge >= 0.3 is 6.03 Å². The van der Waals surface area contributed by atoms with Crippen LogP contribution in [0.3, 0.4) is 0 Å². The van der Waals surface area contributed by atoms with Gasteiger partial charge in [-0.2, -0.15) is 0 Å². The van der Waals surface area contributed by atoms with Crippen LogP contribution in [0.2, 0.25) is 0 Å². The highest BCUT2D eigenvalue weighted by Crippen LogP contribution is 2.21. The maximum absolute atomic E-state index is 12.3. The molecule has 2 unspecified atom stereocenters. The number of anilines is 2. The third-order valence-electron chi connectivity index (χ3n) is 4.95. The average Bonchev–Trinajstić information content (AvgIpc) is 2.99. The zero-order valence-corrected chi connectivity index (χ0v) is 14.6. The SMILES string of the molecule is CC(Nc1ccc(NC(=O)N2CCCCCC2)cc1)C1CCCO1. The Labute approximate surface area is 144 Å². The Hall–Kier alpha value is -1.75. The smallest absolute Gasteiger partial charge is 0.321 e. The van der Waals surface area contributed by atoms with Crippen LogP contribution in [0.25, 0.3) is 0 Å². The largest absolute Gasteiger partial charge is 0.380 e. The molecule has 0 bridgehead atoms. The predicted molar refractivity (Wildman–Crippen MR) is 97.6 cm³/mol. The van der Waals surface area contributed by atoms with E-state index in [2.05, 4.69) is 17.6 Å². The number of likely N-dealkylation sites (tertiary alicyclic amines) is 1. The van der Waals surface area contributed by atoms with E-state index in [1.54, 1.807) is 0 Å². The molecule has 24 heavy (non-hydrogen) atoms. The third kappa shape index (κ3) is 4.63. The van der Waals surface area contributed by atoms with Gasteiger partial charge in [-0.3, -0.25) is 0 Å². The Morgan fingerprint density at radius 2 is 1.75 bits per heavy atom. The molecule has 0 radical (unpaired) electrons. The number of carbonyl (C=O) groups excluding carboxylic acids is 1. The van der Waals surface area contributed by atoms with E-state index in [9.17, 15) is 4.79 Å². The number of hydrogen-bond acceptors (Lipinski definition) is 3. The van der Waals surface area contributed by atoms with E-state index in [0.29, 0.717) is 12.1 Å². The van der Waals surface area contributed by atoms with Crippen LogP contribution in [-0.4, -0.2) is 42.8 Å². The van der Waals surface area contributed by atoms with E-state index in [-0.39, 0.29) is 6.03 Å². The topological polar surface area (TPSA) is 53.6 Å².